The quantitative estimate of drug-likeness (QED) is 0.856. The van der Waals surface area contributed by atoms with Crippen LogP contribution in [0.3, 0.4) is 0 Å². The minimum absolute atomic E-state index is 0.234. The van der Waals surface area contributed by atoms with Crippen LogP contribution >= 0.6 is 0 Å². The third-order valence-corrected chi connectivity index (χ3v) is 3.24. The fourth-order valence-corrected chi connectivity index (χ4v) is 2.03. The van der Waals surface area contributed by atoms with Crippen LogP contribution in [-0.4, -0.2) is 30.1 Å². The molecule has 0 bridgehead atoms. The zero-order chi connectivity index (χ0) is 15.9. The Morgan fingerprint density at radius 2 is 1.73 bits per heavy atom. The van der Waals surface area contributed by atoms with Crippen LogP contribution < -0.4 is 10.1 Å². The molecule has 5 heteroatoms. The van der Waals surface area contributed by atoms with E-state index in [0.717, 1.165) is 5.56 Å². The molecule has 2 rings (SSSR count). The van der Waals surface area contributed by atoms with E-state index in [9.17, 15) is 14.7 Å². The Labute approximate surface area is 128 Å². The van der Waals surface area contributed by atoms with E-state index in [1.807, 2.05) is 30.3 Å². The normalized spacial score (nSPS) is 11.5. The number of methoxy groups -OCH3 is 1. The van der Waals surface area contributed by atoms with E-state index in [2.05, 4.69) is 5.32 Å². The maximum atomic E-state index is 12.1. The van der Waals surface area contributed by atoms with Crippen LogP contribution in [-0.2, 0) is 11.2 Å². The Balaban J connectivity index is 2.06. The van der Waals surface area contributed by atoms with Crippen LogP contribution in [0, 0.1) is 0 Å². The van der Waals surface area contributed by atoms with Gasteiger partial charge in [0.2, 0.25) is 0 Å². The third-order valence-electron chi connectivity index (χ3n) is 3.24. The van der Waals surface area contributed by atoms with Gasteiger partial charge in [0.1, 0.15) is 11.8 Å². The molecule has 2 aromatic rings. The van der Waals surface area contributed by atoms with Gasteiger partial charge in [0.25, 0.3) is 5.91 Å². The van der Waals surface area contributed by atoms with Crippen LogP contribution in [0.1, 0.15) is 15.9 Å². The molecule has 0 spiro atoms. The fraction of sp³-hybridized carbons (Fsp3) is 0.176. The van der Waals surface area contributed by atoms with Gasteiger partial charge in [0, 0.05) is 12.0 Å². The molecule has 0 aromatic heterocycles. The highest BCUT2D eigenvalue weighted by Gasteiger charge is 2.21. The minimum atomic E-state index is -1.06. The predicted molar refractivity (Wildman–Crippen MR) is 82.0 cm³/mol. The van der Waals surface area contributed by atoms with Crippen molar-refractivity contribution in [2.24, 2.45) is 0 Å². The first kappa shape index (κ1) is 15.6. The van der Waals surface area contributed by atoms with Crippen molar-refractivity contribution >= 4 is 11.9 Å². The number of aliphatic carboxylic acids is 1. The van der Waals surface area contributed by atoms with E-state index < -0.39 is 17.9 Å². The van der Waals surface area contributed by atoms with E-state index in [0.29, 0.717) is 11.3 Å². The number of nitrogens with one attached hydrogen (secondary N) is 1. The van der Waals surface area contributed by atoms with Crippen LogP contribution in [0.25, 0.3) is 0 Å². The summed E-state index contributed by atoms with van der Waals surface area (Å²) in [5.41, 5.74) is 1.24. The molecule has 0 aliphatic heterocycles. The second kappa shape index (κ2) is 7.26. The highest BCUT2D eigenvalue weighted by Crippen LogP contribution is 2.12. The summed E-state index contributed by atoms with van der Waals surface area (Å²) in [6, 6.07) is 14.7. The molecule has 1 atom stereocenters. The van der Waals surface area contributed by atoms with Gasteiger partial charge in [-0.2, -0.15) is 0 Å². The molecule has 114 valence electrons. The van der Waals surface area contributed by atoms with Crippen LogP contribution in [0.2, 0.25) is 0 Å². The maximum absolute atomic E-state index is 12.1. The van der Waals surface area contributed by atoms with Gasteiger partial charge in [-0.15, -0.1) is 0 Å². The molecule has 1 amide bonds. The number of carboxylic acids is 1. The van der Waals surface area contributed by atoms with E-state index in [-0.39, 0.29) is 6.42 Å². The van der Waals surface area contributed by atoms with Crippen molar-refractivity contribution in [3.8, 4) is 5.75 Å². The number of carbonyl (C=O) groups is 2. The molecular formula is C17H17NO4. The first-order chi connectivity index (χ1) is 10.6. The summed E-state index contributed by atoms with van der Waals surface area (Å²) in [6.45, 7) is 0. The first-order valence-corrected chi connectivity index (χ1v) is 6.82. The summed E-state index contributed by atoms with van der Waals surface area (Å²) in [4.78, 5) is 23.5. The van der Waals surface area contributed by atoms with Gasteiger partial charge < -0.3 is 15.2 Å². The average molecular weight is 299 g/mol. The summed E-state index contributed by atoms with van der Waals surface area (Å²) in [6.07, 6.45) is 0.234. The Morgan fingerprint density at radius 3 is 2.27 bits per heavy atom. The van der Waals surface area contributed by atoms with Crippen molar-refractivity contribution in [3.05, 3.63) is 65.7 Å². The second-order valence-electron chi connectivity index (χ2n) is 4.78. The molecule has 22 heavy (non-hydrogen) atoms. The predicted octanol–water partition coefficient (Wildman–Crippen LogP) is 2.12. The molecule has 0 saturated heterocycles. The highest BCUT2D eigenvalue weighted by atomic mass is 16.5. The zero-order valence-electron chi connectivity index (χ0n) is 12.2. The lowest BCUT2D eigenvalue weighted by molar-refractivity contribution is -0.139. The summed E-state index contributed by atoms with van der Waals surface area (Å²) < 4.78 is 5.02. The van der Waals surface area contributed by atoms with Crippen molar-refractivity contribution in [3.63, 3.8) is 0 Å². The fourth-order valence-electron chi connectivity index (χ4n) is 2.03. The van der Waals surface area contributed by atoms with Crippen molar-refractivity contribution in [2.75, 3.05) is 7.11 Å². The third kappa shape index (κ3) is 4.09. The van der Waals surface area contributed by atoms with Crippen LogP contribution in [0.15, 0.2) is 54.6 Å². The van der Waals surface area contributed by atoms with Gasteiger partial charge in [0.05, 0.1) is 7.11 Å². The Morgan fingerprint density at radius 1 is 1.09 bits per heavy atom. The lowest BCUT2D eigenvalue weighted by Gasteiger charge is -2.15. The zero-order valence-corrected chi connectivity index (χ0v) is 12.2. The smallest absolute Gasteiger partial charge is 0.326 e. The molecule has 0 aliphatic carbocycles. The van der Waals surface area contributed by atoms with Crippen molar-refractivity contribution in [1.82, 2.24) is 5.32 Å². The molecular weight excluding hydrogens is 282 g/mol. The van der Waals surface area contributed by atoms with E-state index in [1.165, 1.54) is 7.11 Å². The van der Waals surface area contributed by atoms with Gasteiger partial charge in [-0.3, -0.25) is 4.79 Å². The number of hydrogen-bond donors (Lipinski definition) is 2. The van der Waals surface area contributed by atoms with Gasteiger partial charge in [-0.1, -0.05) is 30.3 Å². The largest absolute Gasteiger partial charge is 0.497 e. The summed E-state index contributed by atoms with van der Waals surface area (Å²) >= 11 is 0. The molecule has 0 radical (unpaired) electrons. The van der Waals surface area contributed by atoms with Crippen molar-refractivity contribution < 1.29 is 19.4 Å². The van der Waals surface area contributed by atoms with Crippen LogP contribution in [0.4, 0.5) is 0 Å². The van der Waals surface area contributed by atoms with Gasteiger partial charge in [0.15, 0.2) is 0 Å². The van der Waals surface area contributed by atoms with Crippen molar-refractivity contribution in [1.29, 1.82) is 0 Å². The lowest BCUT2D eigenvalue weighted by atomic mass is 10.1. The lowest BCUT2D eigenvalue weighted by Crippen LogP contribution is -2.42. The number of ether oxygens (including phenoxy) is 1. The van der Waals surface area contributed by atoms with E-state index in [1.54, 1.807) is 24.3 Å². The molecule has 0 heterocycles. The first-order valence-electron chi connectivity index (χ1n) is 6.82. The summed E-state index contributed by atoms with van der Waals surface area (Å²) in [7, 11) is 1.54. The number of benzene rings is 2. The van der Waals surface area contributed by atoms with Crippen molar-refractivity contribution in [2.45, 2.75) is 12.5 Å². The Kier molecular flexibility index (Phi) is 5.14. The number of carbonyl (C=O) groups excluding carboxylic acids is 1. The monoisotopic (exact) mass is 299 g/mol. The maximum Gasteiger partial charge on any atom is 0.326 e. The molecule has 2 N–H and O–H groups in total. The SMILES string of the molecule is COc1ccc(C(=O)N[C@@H](Cc2ccccc2)C(=O)O)cc1. The molecule has 0 unspecified atom stereocenters. The van der Waals surface area contributed by atoms with E-state index in [4.69, 9.17) is 4.74 Å². The second-order valence-corrected chi connectivity index (χ2v) is 4.78. The standard InChI is InChI=1S/C17H17NO4/c1-22-14-9-7-13(8-10-14)16(19)18-15(17(20)21)11-12-5-3-2-4-6-12/h2-10,15H,11H2,1H3,(H,18,19)(H,20,21)/t15-/m0/s1. The Bertz CT molecular complexity index is 637. The van der Waals surface area contributed by atoms with Gasteiger partial charge in [-0.25, -0.2) is 4.79 Å². The topological polar surface area (TPSA) is 75.6 Å². The highest BCUT2D eigenvalue weighted by molar-refractivity contribution is 5.96. The number of hydrogen-bond acceptors (Lipinski definition) is 3. The Hall–Kier alpha value is -2.82. The molecule has 0 saturated carbocycles. The molecule has 0 aliphatic rings. The average Bonchev–Trinajstić information content (AvgIpc) is 2.55. The minimum Gasteiger partial charge on any atom is -0.497 e. The number of rotatable bonds is 6. The summed E-state index contributed by atoms with van der Waals surface area (Å²) in [5, 5.41) is 11.8. The molecule has 2 aromatic carbocycles. The van der Waals surface area contributed by atoms with E-state index >= 15 is 0 Å². The number of carboxylic acid groups (broad SMARTS) is 1. The van der Waals surface area contributed by atoms with Gasteiger partial charge in [-0.05, 0) is 29.8 Å². The van der Waals surface area contributed by atoms with Gasteiger partial charge >= 0.3 is 5.97 Å². The number of amides is 1. The molecule has 0 fully saturated rings. The van der Waals surface area contributed by atoms with Crippen LogP contribution in [0.5, 0.6) is 5.75 Å². The summed E-state index contributed by atoms with van der Waals surface area (Å²) in [5.74, 6) is -0.854. The molecule has 5 nitrogen and oxygen atoms in total.